The van der Waals surface area contributed by atoms with Crippen LogP contribution < -0.4 is 5.32 Å². The van der Waals surface area contributed by atoms with Crippen molar-refractivity contribution in [2.45, 2.75) is 65.4 Å². The monoisotopic (exact) mass is 546 g/mol. The molecule has 1 saturated heterocycles. The molecule has 2 aromatic carbocycles. The molecule has 3 amide bonds. The molecule has 0 saturated carbocycles. The summed E-state index contributed by atoms with van der Waals surface area (Å²) in [6, 6.07) is 12.0. The minimum absolute atomic E-state index is 0.0665. The minimum Gasteiger partial charge on any atom is -0.391 e. The van der Waals surface area contributed by atoms with Crippen LogP contribution in [0, 0.1) is 19.8 Å². The van der Waals surface area contributed by atoms with Crippen molar-refractivity contribution in [3.05, 3.63) is 75.9 Å². The first-order chi connectivity index (χ1) is 18.7. The number of aliphatic hydroxyl groups excluding tert-OH is 1. The van der Waals surface area contributed by atoms with E-state index >= 15 is 0 Å². The molecule has 1 aromatic heterocycles. The summed E-state index contributed by atoms with van der Waals surface area (Å²) in [4.78, 5) is 48.9. The molecule has 39 heavy (non-hydrogen) atoms. The lowest BCUT2D eigenvalue weighted by atomic mass is 10.00. The van der Waals surface area contributed by atoms with Crippen LogP contribution in [0.2, 0.25) is 0 Å². The Kier molecular flexibility index (Phi) is 7.55. The zero-order valence-electron chi connectivity index (χ0n) is 22.7. The fraction of sp³-hybridized carbons (Fsp3) is 0.400. The van der Waals surface area contributed by atoms with Crippen molar-refractivity contribution < 1.29 is 19.5 Å². The summed E-state index contributed by atoms with van der Waals surface area (Å²) in [5.74, 6) is -0.949. The van der Waals surface area contributed by atoms with E-state index in [2.05, 4.69) is 16.4 Å². The average molecular weight is 547 g/mol. The molecule has 1 fully saturated rings. The SMILES string of the molecule is Cc1cc(-c2scnc2C)ccc1CNC(=O)[C@@H]1C[C@@H](O)CN1C(=O)[C@H](C(C)C)N1Cc2ccccc2C1=O. The summed E-state index contributed by atoms with van der Waals surface area (Å²) in [7, 11) is 0. The van der Waals surface area contributed by atoms with E-state index in [1.54, 1.807) is 22.3 Å². The zero-order valence-corrected chi connectivity index (χ0v) is 23.5. The molecule has 3 heterocycles. The topological polar surface area (TPSA) is 103 Å². The largest absolute Gasteiger partial charge is 0.391 e. The Balaban J connectivity index is 1.29. The number of carbonyl (C=O) groups is 3. The van der Waals surface area contributed by atoms with Crippen molar-refractivity contribution in [3.63, 3.8) is 0 Å². The van der Waals surface area contributed by atoms with Gasteiger partial charge in [0.2, 0.25) is 11.8 Å². The Labute approximate surface area is 232 Å². The second-order valence-corrected chi connectivity index (χ2v) is 11.7. The number of benzene rings is 2. The molecule has 2 aliphatic rings. The van der Waals surface area contributed by atoms with Gasteiger partial charge in [-0.1, -0.05) is 50.2 Å². The van der Waals surface area contributed by atoms with E-state index in [4.69, 9.17) is 0 Å². The Morgan fingerprint density at radius 1 is 1.18 bits per heavy atom. The highest BCUT2D eigenvalue weighted by atomic mass is 32.1. The average Bonchev–Trinajstić information content (AvgIpc) is 3.60. The number of hydrogen-bond acceptors (Lipinski definition) is 6. The van der Waals surface area contributed by atoms with Crippen LogP contribution in [0.1, 0.15) is 53.0 Å². The van der Waals surface area contributed by atoms with E-state index in [1.165, 1.54) is 4.90 Å². The van der Waals surface area contributed by atoms with Gasteiger partial charge < -0.3 is 20.2 Å². The molecule has 2 aliphatic heterocycles. The van der Waals surface area contributed by atoms with Crippen LogP contribution in [-0.2, 0) is 22.7 Å². The normalized spacial score (nSPS) is 19.5. The molecule has 0 unspecified atom stereocenters. The molecule has 0 aliphatic carbocycles. The number of aliphatic hydroxyl groups is 1. The lowest BCUT2D eigenvalue weighted by Gasteiger charge is -2.35. The van der Waals surface area contributed by atoms with E-state index in [1.807, 2.05) is 63.5 Å². The van der Waals surface area contributed by atoms with Crippen molar-refractivity contribution in [3.8, 4) is 10.4 Å². The molecule has 3 atom stereocenters. The molecular formula is C30H34N4O4S. The van der Waals surface area contributed by atoms with Gasteiger partial charge in [0, 0.05) is 31.6 Å². The van der Waals surface area contributed by atoms with Gasteiger partial charge in [-0.2, -0.15) is 0 Å². The second kappa shape index (κ2) is 10.9. The van der Waals surface area contributed by atoms with Gasteiger partial charge in [-0.25, -0.2) is 4.98 Å². The zero-order chi connectivity index (χ0) is 27.8. The van der Waals surface area contributed by atoms with Crippen LogP contribution >= 0.6 is 11.3 Å². The Bertz CT molecular complexity index is 1420. The van der Waals surface area contributed by atoms with Crippen LogP contribution in [0.5, 0.6) is 0 Å². The summed E-state index contributed by atoms with van der Waals surface area (Å²) in [5.41, 5.74) is 7.45. The number of fused-ring (bicyclic) bond motifs is 1. The summed E-state index contributed by atoms with van der Waals surface area (Å²) in [5, 5.41) is 13.4. The molecule has 204 valence electrons. The fourth-order valence-corrected chi connectivity index (χ4v) is 6.47. The molecule has 2 N–H and O–H groups in total. The number of β-amino-alcohol motifs (C(OH)–C–C–N with tert-alkyl or cyclic N) is 1. The quantitative estimate of drug-likeness (QED) is 0.471. The number of nitrogens with zero attached hydrogens (tertiary/aromatic N) is 3. The van der Waals surface area contributed by atoms with E-state index in [0.29, 0.717) is 18.7 Å². The van der Waals surface area contributed by atoms with Gasteiger partial charge in [-0.3, -0.25) is 14.4 Å². The second-order valence-electron chi connectivity index (χ2n) is 10.8. The van der Waals surface area contributed by atoms with E-state index < -0.39 is 18.2 Å². The molecular weight excluding hydrogens is 512 g/mol. The van der Waals surface area contributed by atoms with Gasteiger partial charge >= 0.3 is 0 Å². The summed E-state index contributed by atoms with van der Waals surface area (Å²) in [6.45, 7) is 8.54. The Morgan fingerprint density at radius 2 is 1.95 bits per heavy atom. The van der Waals surface area contributed by atoms with Crippen molar-refractivity contribution in [1.29, 1.82) is 0 Å². The first-order valence-corrected chi connectivity index (χ1v) is 14.2. The lowest BCUT2D eigenvalue weighted by molar-refractivity contribution is -0.143. The third-order valence-electron chi connectivity index (χ3n) is 7.74. The molecule has 5 rings (SSSR count). The maximum atomic E-state index is 13.9. The number of amides is 3. The van der Waals surface area contributed by atoms with Crippen molar-refractivity contribution in [2.75, 3.05) is 6.54 Å². The molecule has 3 aromatic rings. The highest BCUT2D eigenvalue weighted by Crippen LogP contribution is 2.31. The summed E-state index contributed by atoms with van der Waals surface area (Å²) < 4.78 is 0. The number of carbonyl (C=O) groups excluding carboxylic acids is 3. The van der Waals surface area contributed by atoms with Gasteiger partial charge in [-0.15, -0.1) is 11.3 Å². The first kappa shape index (κ1) is 27.0. The highest BCUT2D eigenvalue weighted by molar-refractivity contribution is 7.13. The first-order valence-electron chi connectivity index (χ1n) is 13.3. The van der Waals surface area contributed by atoms with Crippen molar-refractivity contribution in [2.24, 2.45) is 5.92 Å². The number of rotatable bonds is 7. The van der Waals surface area contributed by atoms with Crippen LogP contribution in [0.4, 0.5) is 0 Å². The number of hydrogen-bond donors (Lipinski definition) is 2. The van der Waals surface area contributed by atoms with Crippen molar-refractivity contribution in [1.82, 2.24) is 20.1 Å². The third-order valence-corrected chi connectivity index (χ3v) is 8.72. The van der Waals surface area contributed by atoms with E-state index in [9.17, 15) is 19.5 Å². The Hall–Kier alpha value is -3.56. The van der Waals surface area contributed by atoms with Crippen molar-refractivity contribution >= 4 is 29.1 Å². The highest BCUT2D eigenvalue weighted by Gasteiger charge is 2.45. The predicted molar refractivity (Wildman–Crippen MR) is 150 cm³/mol. The van der Waals surface area contributed by atoms with E-state index in [0.717, 1.165) is 32.8 Å². The van der Waals surface area contributed by atoms with Gasteiger partial charge in [0.05, 0.1) is 22.2 Å². The van der Waals surface area contributed by atoms with Gasteiger partial charge in [-0.05, 0) is 48.1 Å². The van der Waals surface area contributed by atoms with Crippen LogP contribution in [-0.4, -0.2) is 62.3 Å². The number of likely N-dealkylation sites (tertiary alicyclic amines) is 1. The third kappa shape index (κ3) is 5.21. The molecule has 0 bridgehead atoms. The maximum Gasteiger partial charge on any atom is 0.255 e. The van der Waals surface area contributed by atoms with Gasteiger partial charge in [0.1, 0.15) is 12.1 Å². The standard InChI is InChI=1S/C30H34N4O4S/c1-17(2)26(34-14-22-7-5-6-8-24(22)29(34)37)30(38)33-15-23(35)12-25(33)28(36)31-13-21-10-9-20(11-18(21)3)27-19(4)32-16-39-27/h5-11,16-17,23,25-26,35H,12-15H2,1-4H3,(H,31,36)/t23-,25+,26+/m1/s1. The minimum atomic E-state index is -0.798. The summed E-state index contributed by atoms with van der Waals surface area (Å²) in [6.07, 6.45) is -0.633. The summed E-state index contributed by atoms with van der Waals surface area (Å²) >= 11 is 1.60. The van der Waals surface area contributed by atoms with Gasteiger partial charge in [0.25, 0.3) is 5.91 Å². The number of aryl methyl sites for hydroxylation is 2. The Morgan fingerprint density at radius 3 is 2.62 bits per heavy atom. The predicted octanol–water partition coefficient (Wildman–Crippen LogP) is 3.69. The smallest absolute Gasteiger partial charge is 0.255 e. The van der Waals surface area contributed by atoms with Crippen LogP contribution in [0.15, 0.2) is 48.0 Å². The molecule has 8 nitrogen and oxygen atoms in total. The van der Waals surface area contributed by atoms with Gasteiger partial charge in [0.15, 0.2) is 0 Å². The molecule has 0 spiro atoms. The van der Waals surface area contributed by atoms with E-state index in [-0.39, 0.29) is 36.6 Å². The van der Waals surface area contributed by atoms with Crippen LogP contribution in [0.25, 0.3) is 10.4 Å². The molecule has 9 heteroatoms. The number of thiazole rings is 1. The maximum absolute atomic E-state index is 13.9. The molecule has 0 radical (unpaired) electrons. The lowest BCUT2D eigenvalue weighted by Crippen LogP contribution is -2.55. The number of nitrogens with one attached hydrogen (secondary N) is 1. The van der Waals surface area contributed by atoms with Crippen LogP contribution in [0.3, 0.4) is 0 Å². The fourth-order valence-electron chi connectivity index (χ4n) is 5.67. The number of aromatic nitrogens is 1.